The van der Waals surface area contributed by atoms with E-state index in [9.17, 15) is 19.1 Å². The van der Waals surface area contributed by atoms with Gasteiger partial charge in [-0.15, -0.1) is 0 Å². The first kappa shape index (κ1) is 26.8. The molecule has 200 valence electrons. The average Bonchev–Trinajstić information content (AvgIpc) is 3.30. The van der Waals surface area contributed by atoms with Gasteiger partial charge in [-0.3, -0.25) is 9.78 Å². The van der Waals surface area contributed by atoms with Crippen LogP contribution in [0, 0.1) is 17.2 Å². The average molecular weight is 524 g/mol. The van der Waals surface area contributed by atoms with Crippen molar-refractivity contribution in [1.82, 2.24) is 25.2 Å². The molecule has 11 nitrogen and oxygen atoms in total. The van der Waals surface area contributed by atoms with Crippen LogP contribution >= 0.6 is 0 Å². The molecule has 2 amide bonds. The number of carbonyl (C=O) groups is 2. The zero-order valence-corrected chi connectivity index (χ0v) is 21.4. The largest absolute Gasteiger partial charge is 0.446 e. The maximum atomic E-state index is 14.2. The molecular weight excluding hydrogens is 493 g/mol. The normalized spacial score (nSPS) is 17.7. The van der Waals surface area contributed by atoms with Crippen LogP contribution in [0.15, 0.2) is 36.7 Å². The number of rotatable bonds is 9. The van der Waals surface area contributed by atoms with Crippen LogP contribution in [0.5, 0.6) is 0 Å². The minimum absolute atomic E-state index is 0.155. The number of aromatic nitrogens is 3. The molecule has 3 heterocycles. The number of aliphatic hydroxyl groups is 1. The topological polar surface area (TPSA) is 154 Å². The first-order chi connectivity index (χ1) is 18.1. The monoisotopic (exact) mass is 523 g/mol. The molecule has 1 aliphatic rings. The number of nitriles is 1. The van der Waals surface area contributed by atoms with Crippen molar-refractivity contribution in [2.45, 2.75) is 44.6 Å². The summed E-state index contributed by atoms with van der Waals surface area (Å²) < 4.78 is 21.1. The third-order valence-corrected chi connectivity index (χ3v) is 6.50. The molecule has 3 aromatic rings. The molecular formula is C26H30FN7O4. The number of amides is 2. The summed E-state index contributed by atoms with van der Waals surface area (Å²) in [5, 5.41) is 31.6. The fourth-order valence-electron chi connectivity index (χ4n) is 4.11. The Morgan fingerprint density at radius 1 is 1.32 bits per heavy atom. The van der Waals surface area contributed by atoms with E-state index in [0.29, 0.717) is 42.0 Å². The van der Waals surface area contributed by atoms with Crippen molar-refractivity contribution in [3.8, 4) is 17.5 Å². The molecule has 0 spiro atoms. The van der Waals surface area contributed by atoms with Gasteiger partial charge in [0.2, 0.25) is 0 Å². The van der Waals surface area contributed by atoms with E-state index in [1.165, 1.54) is 33.3 Å². The quantitative estimate of drug-likeness (QED) is 0.334. The number of hydrogen-bond acceptors (Lipinski definition) is 8. The lowest BCUT2D eigenvalue weighted by molar-refractivity contribution is -0.00179. The van der Waals surface area contributed by atoms with Crippen LogP contribution in [-0.4, -0.2) is 69.7 Å². The minimum atomic E-state index is -1.65. The number of halogens is 1. The molecule has 1 fully saturated rings. The lowest BCUT2D eigenvalue weighted by Gasteiger charge is -2.34. The van der Waals surface area contributed by atoms with Crippen molar-refractivity contribution < 1.29 is 23.8 Å². The highest BCUT2D eigenvalue weighted by Crippen LogP contribution is 2.32. The number of hydrogen-bond donors (Lipinski definition) is 4. The zero-order chi connectivity index (χ0) is 27.4. The summed E-state index contributed by atoms with van der Waals surface area (Å²) >= 11 is 0. The second kappa shape index (κ2) is 11.0. The molecule has 1 aliphatic carbocycles. The van der Waals surface area contributed by atoms with Gasteiger partial charge in [0.15, 0.2) is 0 Å². The Bertz CT molecular complexity index is 1370. The lowest BCUT2D eigenvalue weighted by atomic mass is 9.82. The molecule has 0 unspecified atom stereocenters. The lowest BCUT2D eigenvalue weighted by Crippen LogP contribution is -2.42. The molecule has 4 rings (SSSR count). The minimum Gasteiger partial charge on any atom is -0.446 e. The number of carbonyl (C=O) groups excluding carboxylic acids is 2. The van der Waals surface area contributed by atoms with Crippen molar-refractivity contribution in [2.24, 2.45) is 5.92 Å². The number of anilines is 1. The summed E-state index contributed by atoms with van der Waals surface area (Å²) in [5.41, 5.74) is 1.46. The van der Waals surface area contributed by atoms with Gasteiger partial charge in [0, 0.05) is 19.8 Å². The Balaban J connectivity index is 1.55. The summed E-state index contributed by atoms with van der Waals surface area (Å²) in [5.74, 6) is -0.313. The molecule has 0 aliphatic heterocycles. The van der Waals surface area contributed by atoms with Gasteiger partial charge in [-0.25, -0.2) is 13.7 Å². The Morgan fingerprint density at radius 3 is 2.76 bits per heavy atom. The van der Waals surface area contributed by atoms with Crippen molar-refractivity contribution >= 4 is 23.2 Å². The van der Waals surface area contributed by atoms with Crippen molar-refractivity contribution in [2.75, 3.05) is 25.5 Å². The fourth-order valence-corrected chi connectivity index (χ4v) is 4.11. The first-order valence-corrected chi connectivity index (χ1v) is 12.2. The van der Waals surface area contributed by atoms with Crippen molar-refractivity contribution in [1.29, 1.82) is 5.26 Å². The van der Waals surface area contributed by atoms with E-state index in [1.807, 2.05) is 12.1 Å². The predicted molar refractivity (Wildman–Crippen MR) is 137 cm³/mol. The van der Waals surface area contributed by atoms with Gasteiger partial charge in [0.05, 0.1) is 52.1 Å². The van der Waals surface area contributed by atoms with Crippen LogP contribution in [0.4, 0.5) is 14.9 Å². The first-order valence-electron chi connectivity index (χ1n) is 12.2. The Morgan fingerprint density at radius 2 is 2.08 bits per heavy atom. The SMILES string of the molecule is CNC(=O)OC1CC(CNc2cc(-c3ccc4cc(C#N)cnn34)ncc2C(=O)NC[C@@H](F)C(C)(C)O)C1. The zero-order valence-electron chi connectivity index (χ0n) is 21.4. The van der Waals surface area contributed by atoms with Crippen molar-refractivity contribution in [3.05, 3.63) is 47.8 Å². The number of pyridine rings is 1. The fraction of sp³-hybridized carbons (Fsp3) is 0.423. The second-order valence-electron chi connectivity index (χ2n) is 9.85. The molecule has 0 saturated heterocycles. The molecule has 0 aromatic carbocycles. The van der Waals surface area contributed by atoms with Gasteiger partial charge in [-0.1, -0.05) is 0 Å². The van der Waals surface area contributed by atoms with Crippen LogP contribution in [0.2, 0.25) is 0 Å². The highest BCUT2D eigenvalue weighted by atomic mass is 19.1. The van der Waals surface area contributed by atoms with Gasteiger partial charge < -0.3 is 25.8 Å². The molecule has 1 atom stereocenters. The number of nitrogens with one attached hydrogen (secondary N) is 3. The van der Waals surface area contributed by atoms with Gasteiger partial charge in [0.25, 0.3) is 5.91 Å². The van der Waals surface area contributed by atoms with Gasteiger partial charge >= 0.3 is 6.09 Å². The van der Waals surface area contributed by atoms with E-state index in [-0.39, 0.29) is 24.1 Å². The van der Waals surface area contributed by atoms with Gasteiger partial charge in [-0.05, 0) is 56.9 Å². The number of fused-ring (bicyclic) bond motifs is 1. The van der Waals surface area contributed by atoms with E-state index in [4.69, 9.17) is 10.00 Å². The summed E-state index contributed by atoms with van der Waals surface area (Å²) in [4.78, 5) is 28.8. The van der Waals surface area contributed by atoms with E-state index < -0.39 is 23.8 Å². The summed E-state index contributed by atoms with van der Waals surface area (Å²) in [6, 6.07) is 9.13. The highest BCUT2D eigenvalue weighted by Gasteiger charge is 2.32. The third-order valence-electron chi connectivity index (χ3n) is 6.50. The van der Waals surface area contributed by atoms with E-state index in [2.05, 4.69) is 32.1 Å². The van der Waals surface area contributed by atoms with Crippen LogP contribution < -0.4 is 16.0 Å². The van der Waals surface area contributed by atoms with E-state index >= 15 is 0 Å². The van der Waals surface area contributed by atoms with Crippen LogP contribution in [-0.2, 0) is 4.74 Å². The van der Waals surface area contributed by atoms with Crippen LogP contribution in [0.25, 0.3) is 16.9 Å². The molecule has 4 N–H and O–H groups in total. The standard InChI is InChI=1S/C26H30FN7O4/c1-26(2,37)23(27)14-32-24(35)19-13-31-21(22-5-4-17-6-16(10-28)12-33-34(17)22)9-20(19)30-11-15-7-18(8-15)38-25(36)29-3/h4-6,9,12-13,15,18,23,37H,7-8,11,14H2,1-3H3,(H,29,36)(H,30,31)(H,32,35)/t15?,18?,23-/m1/s1. The molecule has 0 bridgehead atoms. The molecule has 38 heavy (non-hydrogen) atoms. The van der Waals surface area contributed by atoms with Crippen molar-refractivity contribution in [3.63, 3.8) is 0 Å². The third kappa shape index (κ3) is 6.00. The molecule has 12 heteroatoms. The van der Waals surface area contributed by atoms with Crippen LogP contribution in [0.1, 0.15) is 42.6 Å². The Kier molecular flexibility index (Phi) is 7.78. The number of ether oxygens (including phenoxy) is 1. The maximum absolute atomic E-state index is 14.2. The number of alkyl halides is 1. The second-order valence-corrected chi connectivity index (χ2v) is 9.85. The molecule has 3 aromatic heterocycles. The molecule has 1 saturated carbocycles. The molecule has 0 radical (unpaired) electrons. The summed E-state index contributed by atoms with van der Waals surface area (Å²) in [6.45, 7) is 2.83. The summed E-state index contributed by atoms with van der Waals surface area (Å²) in [6.07, 6.45) is 1.96. The smallest absolute Gasteiger partial charge is 0.407 e. The highest BCUT2D eigenvalue weighted by molar-refractivity contribution is 6.00. The van der Waals surface area contributed by atoms with Gasteiger partial charge in [0.1, 0.15) is 18.3 Å². The number of nitrogens with zero attached hydrogens (tertiary/aromatic N) is 4. The summed E-state index contributed by atoms with van der Waals surface area (Å²) in [7, 11) is 1.51. The maximum Gasteiger partial charge on any atom is 0.407 e. The van der Waals surface area contributed by atoms with Gasteiger partial charge in [-0.2, -0.15) is 10.4 Å². The number of alkyl carbamates (subject to hydrolysis) is 1. The van der Waals surface area contributed by atoms with E-state index in [1.54, 1.807) is 16.6 Å². The Labute approximate surface area is 219 Å². The Hall–Kier alpha value is -4.24. The van der Waals surface area contributed by atoms with E-state index in [0.717, 1.165) is 5.52 Å². The van der Waals surface area contributed by atoms with Crippen LogP contribution in [0.3, 0.4) is 0 Å². The predicted octanol–water partition coefficient (Wildman–Crippen LogP) is 2.65.